The van der Waals surface area contributed by atoms with Crippen LogP contribution in [0, 0.1) is 0 Å². The van der Waals surface area contributed by atoms with Gasteiger partial charge in [-0.3, -0.25) is 4.79 Å². The molecule has 1 aliphatic heterocycles. The first-order valence-corrected chi connectivity index (χ1v) is 6.76. The Balaban J connectivity index is 1.75. The van der Waals surface area contributed by atoms with Gasteiger partial charge in [-0.15, -0.1) is 0 Å². The molecular formula is C16H13F3N2O. The van der Waals surface area contributed by atoms with Crippen LogP contribution in [0.5, 0.6) is 0 Å². The fraction of sp³-hybridized carbons (Fsp3) is 0.188. The molecule has 6 heteroatoms. The average Bonchev–Trinajstić information content (AvgIpc) is 2.48. The summed E-state index contributed by atoms with van der Waals surface area (Å²) < 4.78 is 37.6. The zero-order valence-corrected chi connectivity index (χ0v) is 11.4. The summed E-state index contributed by atoms with van der Waals surface area (Å²) in [5.74, 6) is -0.196. The molecule has 2 aromatic rings. The maximum atomic E-state index is 12.5. The van der Waals surface area contributed by atoms with Gasteiger partial charge in [0.05, 0.1) is 16.9 Å². The highest BCUT2D eigenvalue weighted by Crippen LogP contribution is 2.30. The van der Waals surface area contributed by atoms with E-state index in [4.69, 9.17) is 0 Å². The van der Waals surface area contributed by atoms with Crippen molar-refractivity contribution in [3.8, 4) is 0 Å². The zero-order chi connectivity index (χ0) is 15.7. The van der Waals surface area contributed by atoms with E-state index in [2.05, 4.69) is 10.6 Å². The Labute approximate surface area is 125 Å². The number of halogens is 3. The second kappa shape index (κ2) is 5.36. The summed E-state index contributed by atoms with van der Waals surface area (Å²) in [6, 6.07) is 11.6. The molecule has 0 radical (unpaired) electrons. The molecule has 3 nitrogen and oxygen atoms in total. The molecule has 1 heterocycles. The van der Waals surface area contributed by atoms with E-state index in [-0.39, 0.29) is 5.91 Å². The standard InChI is InChI=1S/C16H13F3N2O/c17-16(18,19)11-7-5-10(6-8-11)9-14-15(22)21-13-4-2-1-3-12(13)20-14/h1-8,14,20H,9H2,(H,21,22)/t14-/m0/s1. The molecule has 0 saturated heterocycles. The lowest BCUT2D eigenvalue weighted by atomic mass is 10.0. The fourth-order valence-electron chi connectivity index (χ4n) is 2.40. The maximum absolute atomic E-state index is 12.5. The normalized spacial score (nSPS) is 17.4. The number of para-hydroxylation sites is 2. The van der Waals surface area contributed by atoms with Gasteiger partial charge in [0.1, 0.15) is 6.04 Å². The molecule has 0 bridgehead atoms. The minimum Gasteiger partial charge on any atom is -0.372 e. The van der Waals surface area contributed by atoms with Crippen LogP contribution in [0.1, 0.15) is 11.1 Å². The van der Waals surface area contributed by atoms with Gasteiger partial charge in [0.15, 0.2) is 0 Å². The van der Waals surface area contributed by atoms with Crippen molar-refractivity contribution in [3.05, 3.63) is 59.7 Å². The number of benzene rings is 2. The molecule has 1 aliphatic rings. The Morgan fingerprint density at radius 3 is 2.23 bits per heavy atom. The molecule has 0 fully saturated rings. The van der Waals surface area contributed by atoms with Gasteiger partial charge >= 0.3 is 6.18 Å². The van der Waals surface area contributed by atoms with Crippen LogP contribution in [0.25, 0.3) is 0 Å². The van der Waals surface area contributed by atoms with Crippen LogP contribution < -0.4 is 10.6 Å². The second-order valence-electron chi connectivity index (χ2n) is 5.13. The predicted molar refractivity (Wildman–Crippen MR) is 77.6 cm³/mol. The number of fused-ring (bicyclic) bond motifs is 1. The van der Waals surface area contributed by atoms with Gasteiger partial charge in [-0.05, 0) is 29.8 Å². The number of alkyl halides is 3. The number of hydrogen-bond acceptors (Lipinski definition) is 2. The minimum absolute atomic E-state index is 0.196. The van der Waals surface area contributed by atoms with E-state index in [0.29, 0.717) is 17.7 Å². The van der Waals surface area contributed by atoms with Crippen LogP contribution in [0.15, 0.2) is 48.5 Å². The molecule has 1 atom stereocenters. The van der Waals surface area contributed by atoms with E-state index in [1.165, 1.54) is 12.1 Å². The largest absolute Gasteiger partial charge is 0.416 e. The molecule has 0 saturated carbocycles. The Morgan fingerprint density at radius 1 is 0.955 bits per heavy atom. The summed E-state index contributed by atoms with van der Waals surface area (Å²) in [4.78, 5) is 12.0. The van der Waals surface area contributed by atoms with Crippen LogP contribution in [0.4, 0.5) is 24.5 Å². The number of amides is 1. The highest BCUT2D eigenvalue weighted by Gasteiger charge is 2.30. The smallest absolute Gasteiger partial charge is 0.372 e. The number of carbonyl (C=O) groups excluding carboxylic acids is 1. The van der Waals surface area contributed by atoms with Gasteiger partial charge in [0.25, 0.3) is 0 Å². The Bertz CT molecular complexity index is 695. The summed E-state index contributed by atoms with van der Waals surface area (Å²) in [6.07, 6.45) is -4.03. The van der Waals surface area contributed by atoms with Crippen LogP contribution in [-0.4, -0.2) is 11.9 Å². The number of nitrogens with one attached hydrogen (secondary N) is 2. The highest BCUT2D eigenvalue weighted by molar-refractivity contribution is 6.03. The lowest BCUT2D eigenvalue weighted by Crippen LogP contribution is -2.40. The summed E-state index contributed by atoms with van der Waals surface area (Å²) in [7, 11) is 0. The molecule has 3 rings (SSSR count). The van der Waals surface area contributed by atoms with Crippen molar-refractivity contribution in [1.29, 1.82) is 0 Å². The third-order valence-corrected chi connectivity index (χ3v) is 3.55. The van der Waals surface area contributed by atoms with E-state index in [1.807, 2.05) is 18.2 Å². The third kappa shape index (κ3) is 2.90. The highest BCUT2D eigenvalue weighted by atomic mass is 19.4. The average molecular weight is 306 g/mol. The Hall–Kier alpha value is -2.50. The van der Waals surface area contributed by atoms with E-state index in [0.717, 1.165) is 17.8 Å². The van der Waals surface area contributed by atoms with Crippen molar-refractivity contribution >= 4 is 17.3 Å². The predicted octanol–water partition coefficient (Wildman–Crippen LogP) is 3.68. The van der Waals surface area contributed by atoms with Crippen LogP contribution in [-0.2, 0) is 17.4 Å². The lowest BCUT2D eigenvalue weighted by molar-refractivity contribution is -0.137. The molecule has 0 unspecified atom stereocenters. The van der Waals surface area contributed by atoms with Crippen molar-refractivity contribution in [2.45, 2.75) is 18.6 Å². The number of hydrogen-bond donors (Lipinski definition) is 2. The first kappa shape index (κ1) is 14.4. The molecule has 0 aromatic heterocycles. The van der Waals surface area contributed by atoms with Crippen molar-refractivity contribution in [3.63, 3.8) is 0 Å². The van der Waals surface area contributed by atoms with E-state index < -0.39 is 17.8 Å². The van der Waals surface area contributed by atoms with E-state index in [9.17, 15) is 18.0 Å². The number of anilines is 2. The van der Waals surface area contributed by atoms with Gasteiger partial charge < -0.3 is 10.6 Å². The van der Waals surface area contributed by atoms with E-state index >= 15 is 0 Å². The molecule has 2 N–H and O–H groups in total. The van der Waals surface area contributed by atoms with Crippen molar-refractivity contribution in [2.75, 3.05) is 10.6 Å². The van der Waals surface area contributed by atoms with Crippen molar-refractivity contribution in [2.24, 2.45) is 0 Å². The molecule has 114 valence electrons. The van der Waals surface area contributed by atoms with Gasteiger partial charge in [0, 0.05) is 6.42 Å². The summed E-state index contributed by atoms with van der Waals surface area (Å²) >= 11 is 0. The summed E-state index contributed by atoms with van der Waals surface area (Å²) in [6.45, 7) is 0. The van der Waals surface area contributed by atoms with Gasteiger partial charge in [-0.2, -0.15) is 13.2 Å². The quantitative estimate of drug-likeness (QED) is 0.888. The van der Waals surface area contributed by atoms with Gasteiger partial charge in [-0.25, -0.2) is 0 Å². The molecular weight excluding hydrogens is 293 g/mol. The van der Waals surface area contributed by atoms with Gasteiger partial charge in [-0.1, -0.05) is 24.3 Å². The first-order valence-electron chi connectivity index (χ1n) is 6.76. The number of carbonyl (C=O) groups is 1. The van der Waals surface area contributed by atoms with Crippen LogP contribution in [0.3, 0.4) is 0 Å². The summed E-state index contributed by atoms with van der Waals surface area (Å²) in [5, 5.41) is 5.89. The maximum Gasteiger partial charge on any atom is 0.416 e. The van der Waals surface area contributed by atoms with Crippen molar-refractivity contribution < 1.29 is 18.0 Å². The molecule has 0 aliphatic carbocycles. The first-order chi connectivity index (χ1) is 10.4. The van der Waals surface area contributed by atoms with Crippen LogP contribution >= 0.6 is 0 Å². The SMILES string of the molecule is O=C1Nc2ccccc2N[C@H]1Cc1ccc(C(F)(F)F)cc1. The Morgan fingerprint density at radius 2 is 1.59 bits per heavy atom. The molecule has 2 aromatic carbocycles. The van der Waals surface area contributed by atoms with E-state index in [1.54, 1.807) is 6.07 Å². The summed E-state index contributed by atoms with van der Waals surface area (Å²) in [5.41, 5.74) is 1.48. The second-order valence-corrected chi connectivity index (χ2v) is 5.13. The molecule has 0 spiro atoms. The van der Waals surface area contributed by atoms with Gasteiger partial charge in [0.2, 0.25) is 5.91 Å². The molecule has 22 heavy (non-hydrogen) atoms. The minimum atomic E-state index is -4.35. The zero-order valence-electron chi connectivity index (χ0n) is 11.4. The third-order valence-electron chi connectivity index (χ3n) is 3.55. The molecule has 1 amide bonds. The fourth-order valence-corrected chi connectivity index (χ4v) is 2.40. The lowest BCUT2D eigenvalue weighted by Gasteiger charge is -2.26. The monoisotopic (exact) mass is 306 g/mol. The van der Waals surface area contributed by atoms with Crippen LogP contribution in [0.2, 0.25) is 0 Å². The Kier molecular flexibility index (Phi) is 3.52. The number of rotatable bonds is 2. The van der Waals surface area contributed by atoms with Crippen molar-refractivity contribution in [1.82, 2.24) is 0 Å². The topological polar surface area (TPSA) is 41.1 Å².